The standard InChI is InChI=1S/C14H22N2S/c1-11-9-15-14(2,3)10-16(11)12-6-5-7-13(8-12)17-4/h5-8,11,15H,9-10H2,1-4H3. The highest BCUT2D eigenvalue weighted by molar-refractivity contribution is 7.98. The number of benzene rings is 1. The minimum absolute atomic E-state index is 0.196. The molecule has 1 aromatic rings. The molecule has 0 amide bonds. The van der Waals surface area contributed by atoms with Crippen LogP contribution in [0.3, 0.4) is 0 Å². The fourth-order valence-electron chi connectivity index (χ4n) is 2.31. The molecule has 2 nitrogen and oxygen atoms in total. The lowest BCUT2D eigenvalue weighted by Gasteiger charge is -2.44. The number of anilines is 1. The second-order valence-electron chi connectivity index (χ2n) is 5.44. The summed E-state index contributed by atoms with van der Waals surface area (Å²) >= 11 is 1.81. The van der Waals surface area contributed by atoms with Crippen LogP contribution in [0.15, 0.2) is 29.2 Å². The monoisotopic (exact) mass is 250 g/mol. The number of nitrogens with zero attached hydrogens (tertiary/aromatic N) is 1. The van der Waals surface area contributed by atoms with Crippen molar-refractivity contribution in [3.05, 3.63) is 24.3 Å². The highest BCUT2D eigenvalue weighted by Crippen LogP contribution is 2.26. The van der Waals surface area contributed by atoms with E-state index in [0.29, 0.717) is 6.04 Å². The van der Waals surface area contributed by atoms with Crippen LogP contribution in [0.4, 0.5) is 5.69 Å². The molecule has 1 N–H and O–H groups in total. The smallest absolute Gasteiger partial charge is 0.0387 e. The molecule has 0 aromatic heterocycles. The Labute approximate surface area is 109 Å². The van der Waals surface area contributed by atoms with Gasteiger partial charge in [0.1, 0.15) is 0 Å². The normalized spacial score (nSPS) is 23.8. The van der Waals surface area contributed by atoms with Crippen molar-refractivity contribution in [1.29, 1.82) is 0 Å². The lowest BCUT2D eigenvalue weighted by Crippen LogP contribution is -2.61. The van der Waals surface area contributed by atoms with Crippen molar-refractivity contribution < 1.29 is 0 Å². The molecule has 17 heavy (non-hydrogen) atoms. The van der Waals surface area contributed by atoms with Crippen LogP contribution in [0.5, 0.6) is 0 Å². The third-order valence-electron chi connectivity index (χ3n) is 3.36. The summed E-state index contributed by atoms with van der Waals surface area (Å²) in [5.74, 6) is 0. The summed E-state index contributed by atoms with van der Waals surface area (Å²) in [6, 6.07) is 9.40. The van der Waals surface area contributed by atoms with Gasteiger partial charge in [-0.15, -0.1) is 11.8 Å². The summed E-state index contributed by atoms with van der Waals surface area (Å²) in [5, 5.41) is 3.59. The summed E-state index contributed by atoms with van der Waals surface area (Å²) in [5.41, 5.74) is 1.54. The van der Waals surface area contributed by atoms with Gasteiger partial charge < -0.3 is 10.2 Å². The first-order valence-corrected chi connectivity index (χ1v) is 7.40. The van der Waals surface area contributed by atoms with E-state index in [9.17, 15) is 0 Å². The topological polar surface area (TPSA) is 15.3 Å². The third-order valence-corrected chi connectivity index (χ3v) is 4.08. The van der Waals surface area contributed by atoms with Gasteiger partial charge >= 0.3 is 0 Å². The molecular formula is C14H22N2S. The van der Waals surface area contributed by atoms with Crippen LogP contribution in [-0.2, 0) is 0 Å². The average Bonchev–Trinajstić information content (AvgIpc) is 2.32. The molecule has 0 saturated carbocycles. The van der Waals surface area contributed by atoms with Crippen molar-refractivity contribution in [1.82, 2.24) is 5.32 Å². The summed E-state index contributed by atoms with van der Waals surface area (Å²) in [6.07, 6.45) is 2.13. The highest BCUT2D eigenvalue weighted by Gasteiger charge is 2.30. The van der Waals surface area contributed by atoms with Crippen molar-refractivity contribution >= 4 is 17.4 Å². The van der Waals surface area contributed by atoms with E-state index in [4.69, 9.17) is 0 Å². The predicted octanol–water partition coefficient (Wildman–Crippen LogP) is 2.99. The molecule has 2 rings (SSSR count). The quantitative estimate of drug-likeness (QED) is 0.812. The van der Waals surface area contributed by atoms with Crippen molar-refractivity contribution in [3.63, 3.8) is 0 Å². The van der Waals surface area contributed by atoms with Crippen molar-refractivity contribution in [2.75, 3.05) is 24.2 Å². The Balaban J connectivity index is 2.24. The predicted molar refractivity (Wildman–Crippen MR) is 77.1 cm³/mol. The maximum absolute atomic E-state index is 3.59. The zero-order chi connectivity index (χ0) is 12.5. The number of nitrogens with one attached hydrogen (secondary N) is 1. The van der Waals surface area contributed by atoms with E-state index in [-0.39, 0.29) is 5.54 Å². The molecule has 0 bridgehead atoms. The molecule has 1 aliphatic rings. The van der Waals surface area contributed by atoms with Gasteiger partial charge in [0.2, 0.25) is 0 Å². The Morgan fingerprint density at radius 3 is 2.88 bits per heavy atom. The molecule has 0 radical (unpaired) electrons. The SMILES string of the molecule is CSc1cccc(N2CC(C)(C)NCC2C)c1. The first-order valence-electron chi connectivity index (χ1n) is 6.17. The van der Waals surface area contributed by atoms with Gasteiger partial charge in [0.15, 0.2) is 0 Å². The molecule has 0 spiro atoms. The van der Waals surface area contributed by atoms with Gasteiger partial charge in [-0.3, -0.25) is 0 Å². The molecule has 1 aromatic carbocycles. The highest BCUT2D eigenvalue weighted by atomic mass is 32.2. The van der Waals surface area contributed by atoms with E-state index in [1.807, 2.05) is 0 Å². The van der Waals surface area contributed by atoms with Crippen molar-refractivity contribution in [3.8, 4) is 0 Å². The van der Waals surface area contributed by atoms with E-state index in [2.05, 4.69) is 61.5 Å². The summed E-state index contributed by atoms with van der Waals surface area (Å²) < 4.78 is 0. The fourth-order valence-corrected chi connectivity index (χ4v) is 2.76. The molecular weight excluding hydrogens is 228 g/mol. The molecule has 94 valence electrons. The Morgan fingerprint density at radius 2 is 2.18 bits per heavy atom. The van der Waals surface area contributed by atoms with Gasteiger partial charge in [-0.2, -0.15) is 0 Å². The number of hydrogen-bond acceptors (Lipinski definition) is 3. The van der Waals surface area contributed by atoms with Gasteiger partial charge in [-0.1, -0.05) is 6.07 Å². The maximum Gasteiger partial charge on any atom is 0.0387 e. The van der Waals surface area contributed by atoms with Crippen LogP contribution in [0.25, 0.3) is 0 Å². The molecule has 1 heterocycles. The molecule has 0 aliphatic carbocycles. The summed E-state index contributed by atoms with van der Waals surface area (Å²) in [7, 11) is 0. The molecule has 1 fully saturated rings. The maximum atomic E-state index is 3.59. The zero-order valence-corrected chi connectivity index (χ0v) is 12.0. The lowest BCUT2D eigenvalue weighted by molar-refractivity contribution is 0.318. The Bertz CT molecular complexity index is 390. The van der Waals surface area contributed by atoms with Crippen LogP contribution in [-0.4, -0.2) is 30.9 Å². The zero-order valence-electron chi connectivity index (χ0n) is 11.2. The molecule has 1 aliphatic heterocycles. The van der Waals surface area contributed by atoms with Crippen molar-refractivity contribution in [2.24, 2.45) is 0 Å². The fraction of sp³-hybridized carbons (Fsp3) is 0.571. The van der Waals surface area contributed by atoms with E-state index >= 15 is 0 Å². The lowest BCUT2D eigenvalue weighted by atomic mass is 9.98. The van der Waals surface area contributed by atoms with E-state index < -0.39 is 0 Å². The van der Waals surface area contributed by atoms with Gasteiger partial charge in [0.05, 0.1) is 0 Å². The summed E-state index contributed by atoms with van der Waals surface area (Å²) in [6.45, 7) is 8.94. The summed E-state index contributed by atoms with van der Waals surface area (Å²) in [4.78, 5) is 3.85. The van der Waals surface area contributed by atoms with Crippen LogP contribution in [0.2, 0.25) is 0 Å². The van der Waals surface area contributed by atoms with Gasteiger partial charge in [0.25, 0.3) is 0 Å². The molecule has 1 unspecified atom stereocenters. The third kappa shape index (κ3) is 2.96. The number of piperazine rings is 1. The van der Waals surface area contributed by atoms with Crippen molar-refractivity contribution in [2.45, 2.75) is 37.2 Å². The van der Waals surface area contributed by atoms with E-state index in [1.54, 1.807) is 11.8 Å². The average molecular weight is 250 g/mol. The van der Waals surface area contributed by atoms with Gasteiger partial charge in [-0.05, 0) is 45.2 Å². The largest absolute Gasteiger partial charge is 0.366 e. The Hall–Kier alpha value is -0.670. The molecule has 1 atom stereocenters. The second kappa shape index (κ2) is 4.91. The van der Waals surface area contributed by atoms with Crippen LogP contribution in [0, 0.1) is 0 Å². The van der Waals surface area contributed by atoms with Crippen LogP contribution < -0.4 is 10.2 Å². The molecule has 1 saturated heterocycles. The number of thioether (sulfide) groups is 1. The first-order chi connectivity index (χ1) is 8.02. The van der Waals surface area contributed by atoms with E-state index in [0.717, 1.165) is 13.1 Å². The number of hydrogen-bond donors (Lipinski definition) is 1. The van der Waals surface area contributed by atoms with Gasteiger partial charge in [-0.25, -0.2) is 0 Å². The second-order valence-corrected chi connectivity index (χ2v) is 6.32. The first kappa shape index (κ1) is 12.8. The molecule has 3 heteroatoms. The van der Waals surface area contributed by atoms with Gasteiger partial charge in [0, 0.05) is 35.3 Å². The van der Waals surface area contributed by atoms with E-state index in [1.165, 1.54) is 10.6 Å². The minimum atomic E-state index is 0.196. The number of rotatable bonds is 2. The Morgan fingerprint density at radius 1 is 1.41 bits per heavy atom. The minimum Gasteiger partial charge on any atom is -0.366 e. The van der Waals surface area contributed by atoms with Crippen LogP contribution in [0.1, 0.15) is 20.8 Å². The Kier molecular flexibility index (Phi) is 3.69. The van der Waals surface area contributed by atoms with Crippen LogP contribution >= 0.6 is 11.8 Å².